The fourth-order valence-corrected chi connectivity index (χ4v) is 2.80. The predicted molar refractivity (Wildman–Crippen MR) is 94.1 cm³/mol. The number of nitrogens with one attached hydrogen (secondary N) is 1. The van der Waals surface area contributed by atoms with Crippen molar-refractivity contribution in [3.05, 3.63) is 59.7 Å². The molecular weight excluding hydrogens is 286 g/mol. The first-order valence-corrected chi connectivity index (χ1v) is 8.40. The lowest BCUT2D eigenvalue weighted by Gasteiger charge is -2.14. The third-order valence-corrected chi connectivity index (χ3v) is 4.29. The average molecular weight is 311 g/mol. The molecule has 2 aromatic carbocycles. The number of para-hydroxylation sites is 1. The number of rotatable bonds is 8. The van der Waals surface area contributed by atoms with Crippen molar-refractivity contribution in [2.24, 2.45) is 5.92 Å². The quantitative estimate of drug-likeness (QED) is 0.781. The molecule has 3 rings (SSSR count). The van der Waals surface area contributed by atoms with E-state index in [0.29, 0.717) is 12.8 Å². The molecule has 1 saturated carbocycles. The molecular formula is C20H25NO2. The highest BCUT2D eigenvalue weighted by Gasteiger charge is 2.21. The second kappa shape index (κ2) is 7.51. The molecule has 0 spiro atoms. The number of aliphatic hydroxyl groups excluding tert-OH is 1. The molecule has 0 saturated heterocycles. The summed E-state index contributed by atoms with van der Waals surface area (Å²) in [5.74, 6) is 1.67. The van der Waals surface area contributed by atoms with Crippen molar-refractivity contribution >= 4 is 5.69 Å². The van der Waals surface area contributed by atoms with Gasteiger partial charge in [0, 0.05) is 19.2 Å². The molecule has 2 N–H and O–H groups in total. The molecule has 1 fully saturated rings. The molecule has 0 aliphatic heterocycles. The van der Waals surface area contributed by atoms with Gasteiger partial charge in [0.05, 0.1) is 12.7 Å². The SMILES string of the molecule is CNc1ccccc1CC(O)Cc1cccc(OCC2CC2)c1. The van der Waals surface area contributed by atoms with Crippen LogP contribution in [0, 0.1) is 5.92 Å². The van der Waals surface area contributed by atoms with Gasteiger partial charge in [0.2, 0.25) is 0 Å². The minimum atomic E-state index is -0.400. The number of hydrogen-bond donors (Lipinski definition) is 2. The second-order valence-electron chi connectivity index (χ2n) is 6.37. The van der Waals surface area contributed by atoms with E-state index in [1.807, 2.05) is 37.4 Å². The Morgan fingerprint density at radius 1 is 1.13 bits per heavy atom. The van der Waals surface area contributed by atoms with Gasteiger partial charge in [-0.15, -0.1) is 0 Å². The van der Waals surface area contributed by atoms with Crippen LogP contribution in [0.1, 0.15) is 24.0 Å². The normalized spacial score (nSPS) is 15.2. The largest absolute Gasteiger partial charge is 0.493 e. The summed E-state index contributed by atoms with van der Waals surface area (Å²) in [6, 6.07) is 16.2. The van der Waals surface area contributed by atoms with Crippen molar-refractivity contribution in [3.63, 3.8) is 0 Å². The van der Waals surface area contributed by atoms with Gasteiger partial charge in [0.1, 0.15) is 5.75 Å². The maximum Gasteiger partial charge on any atom is 0.119 e. The zero-order chi connectivity index (χ0) is 16.1. The van der Waals surface area contributed by atoms with Crippen molar-refractivity contribution in [2.75, 3.05) is 19.0 Å². The summed E-state index contributed by atoms with van der Waals surface area (Å²) in [4.78, 5) is 0. The summed E-state index contributed by atoms with van der Waals surface area (Å²) in [6.07, 6.45) is 3.47. The smallest absolute Gasteiger partial charge is 0.119 e. The molecule has 0 aromatic heterocycles. The van der Waals surface area contributed by atoms with Crippen LogP contribution >= 0.6 is 0 Å². The third kappa shape index (κ3) is 4.73. The molecule has 1 aliphatic rings. The van der Waals surface area contributed by atoms with E-state index in [4.69, 9.17) is 4.74 Å². The number of ether oxygens (including phenoxy) is 1. The van der Waals surface area contributed by atoms with Gasteiger partial charge < -0.3 is 15.2 Å². The Morgan fingerprint density at radius 3 is 2.74 bits per heavy atom. The van der Waals surface area contributed by atoms with Crippen LogP contribution in [0.15, 0.2) is 48.5 Å². The highest BCUT2D eigenvalue weighted by atomic mass is 16.5. The van der Waals surface area contributed by atoms with Crippen molar-refractivity contribution < 1.29 is 9.84 Å². The van der Waals surface area contributed by atoms with Crippen molar-refractivity contribution in [3.8, 4) is 5.75 Å². The molecule has 3 nitrogen and oxygen atoms in total. The van der Waals surface area contributed by atoms with Crippen LogP contribution in [0.3, 0.4) is 0 Å². The lowest BCUT2D eigenvalue weighted by molar-refractivity contribution is 0.175. The van der Waals surface area contributed by atoms with Gasteiger partial charge in [-0.25, -0.2) is 0 Å². The van der Waals surface area contributed by atoms with E-state index in [1.54, 1.807) is 0 Å². The van der Waals surface area contributed by atoms with Crippen LogP contribution in [-0.4, -0.2) is 24.9 Å². The van der Waals surface area contributed by atoms with Gasteiger partial charge in [-0.2, -0.15) is 0 Å². The van der Waals surface area contributed by atoms with E-state index in [2.05, 4.69) is 23.5 Å². The van der Waals surface area contributed by atoms with Gasteiger partial charge in [0.25, 0.3) is 0 Å². The summed E-state index contributed by atoms with van der Waals surface area (Å²) >= 11 is 0. The molecule has 0 amide bonds. The summed E-state index contributed by atoms with van der Waals surface area (Å²) < 4.78 is 5.82. The van der Waals surface area contributed by atoms with E-state index in [-0.39, 0.29) is 0 Å². The van der Waals surface area contributed by atoms with Crippen LogP contribution in [0.25, 0.3) is 0 Å². The second-order valence-corrected chi connectivity index (χ2v) is 6.37. The molecule has 1 unspecified atom stereocenters. The first kappa shape index (κ1) is 15.9. The summed E-state index contributed by atoms with van der Waals surface area (Å²) in [7, 11) is 1.91. The predicted octanol–water partition coefficient (Wildman–Crippen LogP) is 3.66. The lowest BCUT2D eigenvalue weighted by Crippen LogP contribution is -2.15. The molecule has 122 valence electrons. The molecule has 0 radical (unpaired) electrons. The first-order chi connectivity index (χ1) is 11.2. The fraction of sp³-hybridized carbons (Fsp3) is 0.400. The first-order valence-electron chi connectivity index (χ1n) is 8.40. The molecule has 1 atom stereocenters. The molecule has 0 bridgehead atoms. The minimum absolute atomic E-state index is 0.400. The van der Waals surface area contributed by atoms with Crippen LogP contribution in [0.2, 0.25) is 0 Å². The fourth-order valence-electron chi connectivity index (χ4n) is 2.80. The number of anilines is 1. The minimum Gasteiger partial charge on any atom is -0.493 e. The summed E-state index contributed by atoms with van der Waals surface area (Å²) in [5, 5.41) is 13.6. The Morgan fingerprint density at radius 2 is 1.96 bits per heavy atom. The Bertz CT molecular complexity index is 637. The standard InChI is InChI=1S/C20H25NO2/c1-21-20-8-3-2-6-17(20)13-18(22)11-16-5-4-7-19(12-16)23-14-15-9-10-15/h2-8,12,15,18,21-22H,9-11,13-14H2,1H3. The molecule has 3 heteroatoms. The van der Waals surface area contributed by atoms with Crippen molar-refractivity contribution in [1.82, 2.24) is 0 Å². The Labute approximate surface area is 138 Å². The maximum absolute atomic E-state index is 10.4. The monoisotopic (exact) mass is 311 g/mol. The summed E-state index contributed by atoms with van der Waals surface area (Å²) in [6.45, 7) is 0.821. The third-order valence-electron chi connectivity index (χ3n) is 4.29. The zero-order valence-corrected chi connectivity index (χ0v) is 13.7. The van der Waals surface area contributed by atoms with Crippen LogP contribution in [-0.2, 0) is 12.8 Å². The van der Waals surface area contributed by atoms with Crippen LogP contribution < -0.4 is 10.1 Å². The molecule has 23 heavy (non-hydrogen) atoms. The van der Waals surface area contributed by atoms with Crippen molar-refractivity contribution in [2.45, 2.75) is 31.8 Å². The van der Waals surface area contributed by atoms with Crippen LogP contribution in [0.4, 0.5) is 5.69 Å². The highest BCUT2D eigenvalue weighted by molar-refractivity contribution is 5.50. The Hall–Kier alpha value is -2.00. The number of hydrogen-bond acceptors (Lipinski definition) is 3. The highest BCUT2D eigenvalue weighted by Crippen LogP contribution is 2.29. The van der Waals surface area contributed by atoms with Gasteiger partial charge in [-0.3, -0.25) is 0 Å². The van der Waals surface area contributed by atoms with E-state index < -0.39 is 6.10 Å². The number of aliphatic hydroxyl groups is 1. The number of benzene rings is 2. The Balaban J connectivity index is 1.58. The molecule has 0 heterocycles. The van der Waals surface area contributed by atoms with Crippen molar-refractivity contribution in [1.29, 1.82) is 0 Å². The molecule has 2 aromatic rings. The van der Waals surface area contributed by atoms with E-state index in [0.717, 1.165) is 35.1 Å². The zero-order valence-electron chi connectivity index (χ0n) is 13.7. The van der Waals surface area contributed by atoms with E-state index in [1.165, 1.54) is 12.8 Å². The maximum atomic E-state index is 10.4. The van der Waals surface area contributed by atoms with Gasteiger partial charge in [0.15, 0.2) is 0 Å². The Kier molecular flexibility index (Phi) is 5.19. The van der Waals surface area contributed by atoms with E-state index in [9.17, 15) is 5.11 Å². The lowest BCUT2D eigenvalue weighted by atomic mass is 10.00. The van der Waals surface area contributed by atoms with Gasteiger partial charge in [-0.1, -0.05) is 30.3 Å². The van der Waals surface area contributed by atoms with E-state index >= 15 is 0 Å². The van der Waals surface area contributed by atoms with Crippen LogP contribution in [0.5, 0.6) is 5.75 Å². The average Bonchev–Trinajstić information content (AvgIpc) is 3.38. The topological polar surface area (TPSA) is 41.5 Å². The van der Waals surface area contributed by atoms with Gasteiger partial charge >= 0.3 is 0 Å². The summed E-state index contributed by atoms with van der Waals surface area (Å²) in [5.41, 5.74) is 3.34. The van der Waals surface area contributed by atoms with Gasteiger partial charge in [-0.05, 0) is 54.5 Å². The molecule has 1 aliphatic carbocycles.